The highest BCUT2D eigenvalue weighted by Crippen LogP contribution is 2.39. The molecule has 0 spiro atoms. The van der Waals surface area contributed by atoms with Gasteiger partial charge in [-0.15, -0.1) is 0 Å². The van der Waals surface area contributed by atoms with Crippen molar-refractivity contribution >= 4 is 21.8 Å². The molecule has 2 heterocycles. The molecule has 2 aromatic heterocycles. The SMILES string of the molecule is Oc1cccc(-c2cc3ccccc3[nH]2)c1-c1cc2ccccc2[nH]1. The summed E-state index contributed by atoms with van der Waals surface area (Å²) in [6.45, 7) is 0. The third-order valence-electron chi connectivity index (χ3n) is 4.66. The molecule has 3 N–H and O–H groups in total. The third kappa shape index (κ3) is 2.21. The Labute approximate surface area is 144 Å². The number of phenols is 1. The van der Waals surface area contributed by atoms with Gasteiger partial charge in [-0.25, -0.2) is 0 Å². The zero-order valence-electron chi connectivity index (χ0n) is 13.5. The maximum Gasteiger partial charge on any atom is 0.125 e. The average molecular weight is 324 g/mol. The van der Waals surface area contributed by atoms with Gasteiger partial charge < -0.3 is 15.1 Å². The fourth-order valence-corrected chi connectivity index (χ4v) is 3.47. The molecule has 0 saturated carbocycles. The molecule has 0 radical (unpaired) electrons. The molecule has 0 unspecified atom stereocenters. The van der Waals surface area contributed by atoms with E-state index in [-0.39, 0.29) is 5.75 Å². The maximum absolute atomic E-state index is 10.6. The Morgan fingerprint density at radius 3 is 1.88 bits per heavy atom. The van der Waals surface area contributed by atoms with Crippen molar-refractivity contribution < 1.29 is 5.11 Å². The Bertz CT molecular complexity index is 1150. The average Bonchev–Trinajstić information content (AvgIpc) is 3.25. The lowest BCUT2D eigenvalue weighted by Crippen LogP contribution is -1.86. The fourth-order valence-electron chi connectivity index (χ4n) is 3.47. The van der Waals surface area contributed by atoms with Gasteiger partial charge in [0.05, 0.1) is 5.69 Å². The van der Waals surface area contributed by atoms with Gasteiger partial charge in [-0.05, 0) is 30.3 Å². The van der Waals surface area contributed by atoms with E-state index in [0.717, 1.165) is 44.3 Å². The second-order valence-electron chi connectivity index (χ2n) is 6.24. The molecular formula is C22H16N2O. The number of H-pyrrole nitrogens is 2. The number of aromatic amines is 2. The summed E-state index contributed by atoms with van der Waals surface area (Å²) in [6, 6.07) is 26.2. The minimum Gasteiger partial charge on any atom is -0.507 e. The minimum atomic E-state index is 0.266. The van der Waals surface area contributed by atoms with Crippen molar-refractivity contribution in [1.82, 2.24) is 9.97 Å². The number of aromatic hydroxyl groups is 1. The highest BCUT2D eigenvalue weighted by Gasteiger charge is 2.15. The van der Waals surface area contributed by atoms with Crippen molar-refractivity contribution in [2.75, 3.05) is 0 Å². The number of hydrogen-bond acceptors (Lipinski definition) is 1. The minimum absolute atomic E-state index is 0.266. The molecule has 5 rings (SSSR count). The van der Waals surface area contributed by atoms with E-state index in [1.165, 1.54) is 0 Å². The van der Waals surface area contributed by atoms with Crippen LogP contribution in [0.25, 0.3) is 44.3 Å². The molecule has 0 saturated heterocycles. The lowest BCUT2D eigenvalue weighted by atomic mass is 10.0. The van der Waals surface area contributed by atoms with E-state index in [1.807, 2.05) is 42.5 Å². The Morgan fingerprint density at radius 1 is 0.600 bits per heavy atom. The lowest BCUT2D eigenvalue weighted by Gasteiger charge is -2.09. The molecule has 0 aliphatic carbocycles. The van der Waals surface area contributed by atoms with Gasteiger partial charge in [0.15, 0.2) is 0 Å². The predicted octanol–water partition coefficient (Wildman–Crippen LogP) is 5.69. The number of rotatable bonds is 2. The van der Waals surface area contributed by atoms with Gasteiger partial charge in [0.25, 0.3) is 0 Å². The Balaban J connectivity index is 1.77. The quantitative estimate of drug-likeness (QED) is 0.384. The van der Waals surface area contributed by atoms with E-state index in [1.54, 1.807) is 6.07 Å². The van der Waals surface area contributed by atoms with Crippen LogP contribution in [-0.4, -0.2) is 15.1 Å². The molecule has 0 amide bonds. The molecule has 3 aromatic carbocycles. The van der Waals surface area contributed by atoms with Crippen LogP contribution >= 0.6 is 0 Å². The summed E-state index contributed by atoms with van der Waals surface area (Å²) in [5.74, 6) is 0.266. The van der Waals surface area contributed by atoms with E-state index < -0.39 is 0 Å². The molecule has 0 bridgehead atoms. The number of aromatic nitrogens is 2. The Morgan fingerprint density at radius 2 is 1.20 bits per heavy atom. The van der Waals surface area contributed by atoms with Crippen LogP contribution in [0.1, 0.15) is 0 Å². The smallest absolute Gasteiger partial charge is 0.125 e. The van der Waals surface area contributed by atoms with Crippen LogP contribution in [0.2, 0.25) is 0 Å². The van der Waals surface area contributed by atoms with Crippen molar-refractivity contribution in [3.05, 3.63) is 78.9 Å². The molecule has 120 valence electrons. The van der Waals surface area contributed by atoms with Crippen molar-refractivity contribution in [3.63, 3.8) is 0 Å². The summed E-state index contributed by atoms with van der Waals surface area (Å²) < 4.78 is 0. The third-order valence-corrected chi connectivity index (χ3v) is 4.66. The standard InChI is InChI=1S/C22H16N2O/c25-21-11-5-8-16(19-12-14-6-1-3-9-17(14)23-19)22(21)20-13-15-7-2-4-10-18(15)24-20/h1-13,23-25H. The fraction of sp³-hybridized carbons (Fsp3) is 0. The second-order valence-corrected chi connectivity index (χ2v) is 6.24. The first-order chi connectivity index (χ1) is 12.3. The van der Waals surface area contributed by atoms with Crippen LogP contribution < -0.4 is 0 Å². The lowest BCUT2D eigenvalue weighted by molar-refractivity contribution is 0.477. The molecule has 5 aromatic rings. The highest BCUT2D eigenvalue weighted by atomic mass is 16.3. The number of phenolic OH excluding ortho intramolecular Hbond substituents is 1. The molecule has 3 heteroatoms. The van der Waals surface area contributed by atoms with Gasteiger partial charge in [-0.2, -0.15) is 0 Å². The van der Waals surface area contributed by atoms with E-state index in [4.69, 9.17) is 0 Å². The van der Waals surface area contributed by atoms with Crippen LogP contribution in [-0.2, 0) is 0 Å². The number of para-hydroxylation sites is 2. The monoisotopic (exact) mass is 324 g/mol. The van der Waals surface area contributed by atoms with Gasteiger partial charge in [-0.1, -0.05) is 48.5 Å². The van der Waals surface area contributed by atoms with Crippen LogP contribution in [0, 0.1) is 0 Å². The second kappa shape index (κ2) is 5.28. The Kier molecular flexibility index (Phi) is 2.94. The van der Waals surface area contributed by atoms with E-state index >= 15 is 0 Å². The van der Waals surface area contributed by atoms with Gasteiger partial charge in [0.1, 0.15) is 5.75 Å². The number of hydrogen-bond donors (Lipinski definition) is 3. The van der Waals surface area contributed by atoms with Gasteiger partial charge in [0.2, 0.25) is 0 Å². The summed E-state index contributed by atoms with van der Waals surface area (Å²) in [7, 11) is 0. The van der Waals surface area contributed by atoms with Crippen LogP contribution in [0.4, 0.5) is 0 Å². The first kappa shape index (κ1) is 13.9. The number of fused-ring (bicyclic) bond motifs is 2. The van der Waals surface area contributed by atoms with Gasteiger partial charge in [0, 0.05) is 38.6 Å². The maximum atomic E-state index is 10.6. The molecule has 0 aliphatic heterocycles. The van der Waals surface area contributed by atoms with Crippen molar-refractivity contribution in [3.8, 4) is 28.3 Å². The highest BCUT2D eigenvalue weighted by molar-refractivity contribution is 5.95. The molecule has 0 aliphatic rings. The van der Waals surface area contributed by atoms with Gasteiger partial charge in [-0.3, -0.25) is 0 Å². The van der Waals surface area contributed by atoms with Crippen LogP contribution in [0.5, 0.6) is 5.75 Å². The number of nitrogens with one attached hydrogen (secondary N) is 2. The molecule has 3 nitrogen and oxygen atoms in total. The molecule has 0 atom stereocenters. The van der Waals surface area contributed by atoms with Gasteiger partial charge >= 0.3 is 0 Å². The van der Waals surface area contributed by atoms with Crippen LogP contribution in [0.3, 0.4) is 0 Å². The summed E-state index contributed by atoms with van der Waals surface area (Å²) in [6.07, 6.45) is 0. The van der Waals surface area contributed by atoms with Crippen molar-refractivity contribution in [2.45, 2.75) is 0 Å². The van der Waals surface area contributed by atoms with E-state index in [0.29, 0.717) is 0 Å². The van der Waals surface area contributed by atoms with E-state index in [2.05, 4.69) is 40.3 Å². The zero-order chi connectivity index (χ0) is 16.8. The molecular weight excluding hydrogens is 308 g/mol. The topological polar surface area (TPSA) is 51.8 Å². The van der Waals surface area contributed by atoms with Crippen molar-refractivity contribution in [1.29, 1.82) is 0 Å². The largest absolute Gasteiger partial charge is 0.507 e. The van der Waals surface area contributed by atoms with Crippen LogP contribution in [0.15, 0.2) is 78.9 Å². The van der Waals surface area contributed by atoms with Crippen molar-refractivity contribution in [2.24, 2.45) is 0 Å². The summed E-state index contributed by atoms with van der Waals surface area (Å²) in [4.78, 5) is 6.88. The molecule has 0 fully saturated rings. The zero-order valence-corrected chi connectivity index (χ0v) is 13.5. The predicted molar refractivity (Wildman–Crippen MR) is 103 cm³/mol. The van der Waals surface area contributed by atoms with E-state index in [9.17, 15) is 5.11 Å². The Hall–Kier alpha value is -3.46. The summed E-state index contributed by atoms with van der Waals surface area (Å²) >= 11 is 0. The first-order valence-corrected chi connectivity index (χ1v) is 8.28. The summed E-state index contributed by atoms with van der Waals surface area (Å²) in [5.41, 5.74) is 5.83. The number of benzene rings is 3. The summed E-state index contributed by atoms with van der Waals surface area (Å²) in [5, 5.41) is 12.9. The normalized spacial score (nSPS) is 11.4. The first-order valence-electron chi connectivity index (χ1n) is 8.28. The molecule has 25 heavy (non-hydrogen) atoms.